The van der Waals surface area contributed by atoms with Crippen molar-refractivity contribution in [1.29, 1.82) is 0 Å². The van der Waals surface area contributed by atoms with E-state index in [0.29, 0.717) is 18.7 Å². The van der Waals surface area contributed by atoms with Crippen molar-refractivity contribution < 1.29 is 13.9 Å². The van der Waals surface area contributed by atoms with E-state index in [1.54, 1.807) is 20.0 Å². The first-order valence-electron chi connectivity index (χ1n) is 7.74. The van der Waals surface area contributed by atoms with E-state index in [1.165, 1.54) is 13.2 Å². The Bertz CT molecular complexity index is 604. The molecule has 0 aliphatic carbocycles. The summed E-state index contributed by atoms with van der Waals surface area (Å²) in [5.41, 5.74) is 1.61. The SMILES string of the molecule is CN=C(NCc1ccc(F)c(C)c1)N1CC(C)C(C(=O)OC)C1. The van der Waals surface area contributed by atoms with Gasteiger partial charge in [0.25, 0.3) is 0 Å². The third-order valence-electron chi connectivity index (χ3n) is 4.30. The zero-order valence-electron chi connectivity index (χ0n) is 14.1. The molecule has 1 aromatic carbocycles. The van der Waals surface area contributed by atoms with E-state index in [4.69, 9.17) is 4.74 Å². The number of benzene rings is 1. The van der Waals surface area contributed by atoms with Crippen molar-refractivity contribution in [3.63, 3.8) is 0 Å². The molecule has 0 spiro atoms. The number of methoxy groups -OCH3 is 1. The van der Waals surface area contributed by atoms with Gasteiger partial charge in [-0.25, -0.2) is 4.39 Å². The average molecular weight is 321 g/mol. The van der Waals surface area contributed by atoms with Gasteiger partial charge in [-0.3, -0.25) is 9.79 Å². The van der Waals surface area contributed by atoms with Crippen LogP contribution < -0.4 is 5.32 Å². The van der Waals surface area contributed by atoms with Crippen LogP contribution in [-0.4, -0.2) is 44.1 Å². The van der Waals surface area contributed by atoms with Crippen LogP contribution in [0.2, 0.25) is 0 Å². The molecule has 23 heavy (non-hydrogen) atoms. The maximum Gasteiger partial charge on any atom is 0.310 e. The minimum atomic E-state index is -0.201. The lowest BCUT2D eigenvalue weighted by molar-refractivity contribution is -0.145. The quantitative estimate of drug-likeness (QED) is 0.525. The van der Waals surface area contributed by atoms with Crippen LogP contribution in [0.5, 0.6) is 0 Å². The second kappa shape index (κ2) is 7.44. The molecule has 1 heterocycles. The van der Waals surface area contributed by atoms with E-state index in [9.17, 15) is 9.18 Å². The number of aryl methyl sites for hydroxylation is 1. The van der Waals surface area contributed by atoms with Crippen molar-refractivity contribution in [2.75, 3.05) is 27.2 Å². The van der Waals surface area contributed by atoms with Gasteiger partial charge in [0.15, 0.2) is 5.96 Å². The van der Waals surface area contributed by atoms with Crippen molar-refractivity contribution in [3.05, 3.63) is 35.1 Å². The second-order valence-corrected chi connectivity index (χ2v) is 6.00. The van der Waals surface area contributed by atoms with Crippen LogP contribution in [-0.2, 0) is 16.1 Å². The smallest absolute Gasteiger partial charge is 0.310 e. The van der Waals surface area contributed by atoms with E-state index in [1.807, 2.05) is 13.0 Å². The first-order chi connectivity index (χ1) is 11.0. The molecular weight excluding hydrogens is 297 g/mol. The number of ether oxygens (including phenoxy) is 1. The van der Waals surface area contributed by atoms with Crippen molar-refractivity contribution in [2.45, 2.75) is 20.4 Å². The summed E-state index contributed by atoms with van der Waals surface area (Å²) in [5.74, 6) is 0.447. The summed E-state index contributed by atoms with van der Waals surface area (Å²) in [4.78, 5) is 18.1. The van der Waals surface area contributed by atoms with Crippen LogP contribution in [0.25, 0.3) is 0 Å². The Morgan fingerprint density at radius 2 is 2.22 bits per heavy atom. The monoisotopic (exact) mass is 321 g/mol. The van der Waals surface area contributed by atoms with Crippen LogP contribution >= 0.6 is 0 Å². The number of esters is 1. The molecule has 0 bridgehead atoms. The predicted molar refractivity (Wildman–Crippen MR) is 87.6 cm³/mol. The third kappa shape index (κ3) is 4.00. The van der Waals surface area contributed by atoms with E-state index >= 15 is 0 Å². The fourth-order valence-corrected chi connectivity index (χ4v) is 2.93. The first kappa shape index (κ1) is 17.2. The number of rotatable bonds is 3. The molecule has 0 saturated carbocycles. The fourth-order valence-electron chi connectivity index (χ4n) is 2.93. The highest BCUT2D eigenvalue weighted by Gasteiger charge is 2.36. The third-order valence-corrected chi connectivity index (χ3v) is 4.30. The number of carbonyl (C=O) groups excluding carboxylic acids is 1. The molecule has 1 saturated heterocycles. The molecule has 2 unspecified atom stereocenters. The number of nitrogens with one attached hydrogen (secondary N) is 1. The number of likely N-dealkylation sites (tertiary alicyclic amines) is 1. The Kier molecular flexibility index (Phi) is 5.58. The molecule has 1 N–H and O–H groups in total. The molecule has 126 valence electrons. The minimum absolute atomic E-state index is 0.133. The highest BCUT2D eigenvalue weighted by atomic mass is 19.1. The normalized spacial score (nSPS) is 21.4. The predicted octanol–water partition coefficient (Wildman–Crippen LogP) is 1.95. The summed E-state index contributed by atoms with van der Waals surface area (Å²) in [6, 6.07) is 5.05. The van der Waals surface area contributed by atoms with Gasteiger partial charge in [-0.1, -0.05) is 19.1 Å². The molecule has 5 nitrogen and oxygen atoms in total. The summed E-state index contributed by atoms with van der Waals surface area (Å²) in [6.07, 6.45) is 0. The van der Waals surface area contributed by atoms with Crippen LogP contribution in [0.3, 0.4) is 0 Å². The molecule has 2 atom stereocenters. The molecule has 0 aromatic heterocycles. The number of carbonyl (C=O) groups is 1. The lowest BCUT2D eigenvalue weighted by Crippen LogP contribution is -2.40. The number of halogens is 1. The number of nitrogens with zero attached hydrogens (tertiary/aromatic N) is 2. The van der Waals surface area contributed by atoms with Crippen molar-refractivity contribution in [1.82, 2.24) is 10.2 Å². The Balaban J connectivity index is 1.98. The Labute approximate surface area is 136 Å². The number of hydrogen-bond donors (Lipinski definition) is 1. The van der Waals surface area contributed by atoms with Crippen molar-refractivity contribution in [3.8, 4) is 0 Å². The van der Waals surface area contributed by atoms with E-state index in [2.05, 4.69) is 15.2 Å². The van der Waals surface area contributed by atoms with Gasteiger partial charge in [0.1, 0.15) is 5.82 Å². The molecule has 6 heteroatoms. The molecule has 0 radical (unpaired) electrons. The van der Waals surface area contributed by atoms with Crippen LogP contribution in [0.4, 0.5) is 4.39 Å². The van der Waals surface area contributed by atoms with Crippen LogP contribution in [0.1, 0.15) is 18.1 Å². The van der Waals surface area contributed by atoms with Crippen molar-refractivity contribution >= 4 is 11.9 Å². The van der Waals surface area contributed by atoms with Gasteiger partial charge in [0.05, 0.1) is 13.0 Å². The van der Waals surface area contributed by atoms with Gasteiger partial charge in [-0.2, -0.15) is 0 Å². The average Bonchev–Trinajstić information content (AvgIpc) is 2.92. The summed E-state index contributed by atoms with van der Waals surface area (Å²) < 4.78 is 18.2. The Hall–Kier alpha value is -2.11. The minimum Gasteiger partial charge on any atom is -0.469 e. The van der Waals surface area contributed by atoms with Crippen LogP contribution in [0, 0.1) is 24.6 Å². The van der Waals surface area contributed by atoms with Gasteiger partial charge in [0, 0.05) is 26.7 Å². The van der Waals surface area contributed by atoms with Gasteiger partial charge < -0.3 is 15.0 Å². The molecule has 0 amide bonds. The highest BCUT2D eigenvalue weighted by Crippen LogP contribution is 2.24. The Morgan fingerprint density at radius 1 is 1.48 bits per heavy atom. The summed E-state index contributed by atoms with van der Waals surface area (Å²) in [7, 11) is 3.13. The second-order valence-electron chi connectivity index (χ2n) is 6.00. The van der Waals surface area contributed by atoms with E-state index in [-0.39, 0.29) is 23.6 Å². The summed E-state index contributed by atoms with van der Waals surface area (Å²) in [6.45, 7) is 5.69. The highest BCUT2D eigenvalue weighted by molar-refractivity contribution is 5.82. The van der Waals surface area contributed by atoms with Gasteiger partial charge in [0.2, 0.25) is 0 Å². The maximum atomic E-state index is 13.3. The molecule has 1 fully saturated rings. The largest absolute Gasteiger partial charge is 0.469 e. The lowest BCUT2D eigenvalue weighted by atomic mass is 9.99. The van der Waals surface area contributed by atoms with Gasteiger partial charge in [-0.15, -0.1) is 0 Å². The first-order valence-corrected chi connectivity index (χ1v) is 7.74. The molecule has 2 rings (SSSR count). The molecule has 1 aliphatic heterocycles. The lowest BCUT2D eigenvalue weighted by Gasteiger charge is -2.21. The van der Waals surface area contributed by atoms with Gasteiger partial charge >= 0.3 is 5.97 Å². The standard InChI is InChI=1S/C17H24FN3O2/c1-11-7-13(5-6-15(11)18)8-20-17(19-3)21-9-12(2)14(10-21)16(22)23-4/h5-7,12,14H,8-10H2,1-4H3,(H,19,20). The molecular formula is C17H24FN3O2. The Morgan fingerprint density at radius 3 is 2.83 bits per heavy atom. The zero-order chi connectivity index (χ0) is 17.0. The van der Waals surface area contributed by atoms with Gasteiger partial charge in [-0.05, 0) is 30.0 Å². The van der Waals surface area contributed by atoms with Crippen LogP contribution in [0.15, 0.2) is 23.2 Å². The number of hydrogen-bond acceptors (Lipinski definition) is 3. The number of aliphatic imine (C=N–C) groups is 1. The maximum absolute atomic E-state index is 13.3. The molecule has 1 aromatic rings. The zero-order valence-corrected chi connectivity index (χ0v) is 14.1. The van der Waals surface area contributed by atoms with Crippen molar-refractivity contribution in [2.24, 2.45) is 16.8 Å². The summed E-state index contributed by atoms with van der Waals surface area (Å²) >= 11 is 0. The summed E-state index contributed by atoms with van der Waals surface area (Å²) in [5, 5.41) is 3.27. The number of guanidine groups is 1. The molecule has 1 aliphatic rings. The fraction of sp³-hybridized carbons (Fsp3) is 0.529. The van der Waals surface area contributed by atoms with E-state index < -0.39 is 0 Å². The van der Waals surface area contributed by atoms with E-state index in [0.717, 1.165) is 18.1 Å². The topological polar surface area (TPSA) is 53.9 Å².